The Bertz CT molecular complexity index is 1440. The molecule has 2 aromatic heterocycles. The Labute approximate surface area is 239 Å². The van der Waals surface area contributed by atoms with Crippen LogP contribution in [0.3, 0.4) is 0 Å². The lowest BCUT2D eigenvalue weighted by Gasteiger charge is -2.34. The molecule has 0 bridgehead atoms. The first-order chi connectivity index (χ1) is 20.1. The highest BCUT2D eigenvalue weighted by Crippen LogP contribution is 2.32. The van der Waals surface area contributed by atoms with Crippen molar-refractivity contribution < 1.29 is 36.9 Å². The van der Waals surface area contributed by atoms with Crippen LogP contribution in [0.25, 0.3) is 11.3 Å². The molecule has 2 N–H and O–H groups in total. The van der Waals surface area contributed by atoms with E-state index in [1.54, 1.807) is 31.2 Å². The molecule has 3 aromatic rings. The van der Waals surface area contributed by atoms with Gasteiger partial charge >= 0.3 is 6.18 Å². The van der Waals surface area contributed by atoms with Crippen LogP contribution in [-0.4, -0.2) is 65.6 Å². The third-order valence-corrected chi connectivity index (χ3v) is 6.59. The van der Waals surface area contributed by atoms with E-state index < -0.39 is 37.0 Å². The highest BCUT2D eigenvalue weighted by atomic mass is 19.4. The summed E-state index contributed by atoms with van der Waals surface area (Å²) in [6.45, 7) is 2.12. The number of amides is 1. The van der Waals surface area contributed by atoms with Gasteiger partial charge in [0.05, 0.1) is 48.2 Å². The minimum atomic E-state index is -4.61. The van der Waals surface area contributed by atoms with Gasteiger partial charge in [0, 0.05) is 32.1 Å². The fourth-order valence-corrected chi connectivity index (χ4v) is 4.65. The number of carbonyl (C=O) groups excluding carboxylic acids is 1. The van der Waals surface area contributed by atoms with Crippen LogP contribution in [0.1, 0.15) is 42.2 Å². The second kappa shape index (κ2) is 13.5. The molecule has 9 nitrogen and oxygen atoms in total. The molecule has 222 valence electrons. The third-order valence-electron chi connectivity index (χ3n) is 6.59. The first-order valence-electron chi connectivity index (χ1n) is 13.3. The third kappa shape index (κ3) is 7.64. The highest BCUT2D eigenvalue weighted by Gasteiger charge is 2.33. The van der Waals surface area contributed by atoms with Gasteiger partial charge < -0.3 is 24.8 Å². The Morgan fingerprint density at radius 2 is 2.00 bits per heavy atom. The number of nitriles is 1. The Morgan fingerprint density at radius 1 is 1.24 bits per heavy atom. The van der Waals surface area contributed by atoms with Gasteiger partial charge in [0.25, 0.3) is 5.91 Å². The normalized spacial score (nSPS) is 14.6. The van der Waals surface area contributed by atoms with Crippen LogP contribution in [0.2, 0.25) is 0 Å². The highest BCUT2D eigenvalue weighted by molar-refractivity contribution is 5.96. The van der Waals surface area contributed by atoms with Gasteiger partial charge in [0.15, 0.2) is 11.4 Å². The van der Waals surface area contributed by atoms with Crippen molar-refractivity contribution in [1.29, 1.82) is 5.26 Å². The van der Waals surface area contributed by atoms with E-state index >= 15 is 0 Å². The number of pyridine rings is 2. The Hall–Kier alpha value is -4.44. The predicted octanol–water partition coefficient (Wildman–Crippen LogP) is 4.64. The molecule has 0 aliphatic carbocycles. The Morgan fingerprint density at radius 3 is 2.67 bits per heavy atom. The fraction of sp³-hybridized carbons (Fsp3) is 0.379. The van der Waals surface area contributed by atoms with Gasteiger partial charge in [0.2, 0.25) is 5.88 Å². The van der Waals surface area contributed by atoms with Crippen molar-refractivity contribution >= 4 is 11.6 Å². The first kappa shape index (κ1) is 30.5. The number of aromatic nitrogens is 2. The predicted molar refractivity (Wildman–Crippen MR) is 145 cm³/mol. The summed E-state index contributed by atoms with van der Waals surface area (Å²) in [5, 5.41) is 21.1. The molecule has 13 heteroatoms. The number of carbonyl (C=O) groups is 1. The van der Waals surface area contributed by atoms with Crippen molar-refractivity contribution in [2.24, 2.45) is 0 Å². The Kier molecular flexibility index (Phi) is 9.80. The second-order valence-corrected chi connectivity index (χ2v) is 9.58. The molecule has 0 saturated carbocycles. The largest absolute Gasteiger partial charge is 0.488 e. The number of halogens is 4. The second-order valence-electron chi connectivity index (χ2n) is 9.58. The lowest BCUT2D eigenvalue weighted by molar-refractivity contribution is -0.141. The van der Waals surface area contributed by atoms with Crippen LogP contribution in [0.15, 0.2) is 48.7 Å². The summed E-state index contributed by atoms with van der Waals surface area (Å²) in [7, 11) is 0. The number of aliphatic hydroxyl groups excluding tert-OH is 1. The van der Waals surface area contributed by atoms with Gasteiger partial charge in [-0.05, 0) is 49.4 Å². The number of aliphatic hydroxyl groups is 1. The van der Waals surface area contributed by atoms with Crippen LogP contribution >= 0.6 is 0 Å². The first-order valence-corrected chi connectivity index (χ1v) is 13.3. The molecule has 0 spiro atoms. The van der Waals surface area contributed by atoms with E-state index in [0.29, 0.717) is 43.8 Å². The van der Waals surface area contributed by atoms with Gasteiger partial charge in [0.1, 0.15) is 18.0 Å². The van der Waals surface area contributed by atoms with E-state index in [0.717, 1.165) is 0 Å². The van der Waals surface area contributed by atoms with E-state index in [4.69, 9.17) is 9.47 Å². The number of piperidine rings is 1. The fourth-order valence-electron chi connectivity index (χ4n) is 4.65. The van der Waals surface area contributed by atoms with Crippen molar-refractivity contribution in [3.05, 3.63) is 65.7 Å². The standard InChI is InChI=1S/C29H29F4N5O4/c1-2-41-28-22(4-3-11-35-28)23-6-8-25(26(37-23)27(40)36-20(17-39)15-29(31,32)33)42-21-9-12-38(13-10-21)24-7-5-19(30)14-18(24)16-34/h3-8,11,14,20-21,39H,2,9-10,12-13,15,17H2,1H3,(H,36,40). The summed E-state index contributed by atoms with van der Waals surface area (Å²) < 4.78 is 64.3. The van der Waals surface area contributed by atoms with Crippen LogP contribution in [0.4, 0.5) is 23.2 Å². The summed E-state index contributed by atoms with van der Waals surface area (Å²) in [5.74, 6) is -1.13. The van der Waals surface area contributed by atoms with E-state index in [9.17, 15) is 32.7 Å². The molecule has 0 radical (unpaired) electrons. The number of alkyl halides is 3. The van der Waals surface area contributed by atoms with Crippen LogP contribution in [0.5, 0.6) is 11.6 Å². The van der Waals surface area contributed by atoms with Crippen LogP contribution in [-0.2, 0) is 0 Å². The lowest BCUT2D eigenvalue weighted by atomic mass is 10.0. The number of nitrogens with zero attached hydrogens (tertiary/aromatic N) is 4. The van der Waals surface area contributed by atoms with Gasteiger partial charge in [-0.1, -0.05) is 0 Å². The summed E-state index contributed by atoms with van der Waals surface area (Å²) in [6.07, 6.45) is -3.92. The zero-order valence-corrected chi connectivity index (χ0v) is 22.7. The van der Waals surface area contributed by atoms with Gasteiger partial charge in [-0.15, -0.1) is 0 Å². The van der Waals surface area contributed by atoms with E-state index in [-0.39, 0.29) is 34.7 Å². The maximum atomic E-state index is 13.6. The van der Waals surface area contributed by atoms with Crippen LogP contribution in [0, 0.1) is 17.1 Å². The van der Waals surface area contributed by atoms with Crippen molar-refractivity contribution in [2.45, 2.75) is 44.5 Å². The molecule has 1 atom stereocenters. The zero-order valence-electron chi connectivity index (χ0n) is 22.7. The number of anilines is 1. The van der Waals surface area contributed by atoms with E-state index in [1.165, 1.54) is 24.4 Å². The quantitative estimate of drug-likeness (QED) is 0.329. The van der Waals surface area contributed by atoms with E-state index in [1.807, 2.05) is 11.0 Å². The van der Waals surface area contributed by atoms with Gasteiger partial charge in [-0.25, -0.2) is 14.4 Å². The van der Waals surface area contributed by atoms with Gasteiger partial charge in [-0.2, -0.15) is 18.4 Å². The van der Waals surface area contributed by atoms with Gasteiger partial charge in [-0.3, -0.25) is 4.79 Å². The molecule has 1 aliphatic heterocycles. The number of benzene rings is 1. The summed E-state index contributed by atoms with van der Waals surface area (Å²) >= 11 is 0. The van der Waals surface area contributed by atoms with Crippen molar-refractivity contribution in [3.8, 4) is 29.0 Å². The number of hydrogen-bond donors (Lipinski definition) is 2. The van der Waals surface area contributed by atoms with Crippen LogP contribution < -0.4 is 19.7 Å². The summed E-state index contributed by atoms with van der Waals surface area (Å²) in [4.78, 5) is 23.8. The molecular formula is C29H29F4N5O4. The molecule has 3 heterocycles. The monoisotopic (exact) mass is 587 g/mol. The van der Waals surface area contributed by atoms with Crippen molar-refractivity contribution in [1.82, 2.24) is 15.3 Å². The maximum absolute atomic E-state index is 13.6. The number of rotatable bonds is 10. The molecule has 42 heavy (non-hydrogen) atoms. The maximum Gasteiger partial charge on any atom is 0.391 e. The zero-order chi connectivity index (χ0) is 30.3. The molecule has 1 saturated heterocycles. The molecule has 1 fully saturated rings. The topological polar surface area (TPSA) is 121 Å². The smallest absolute Gasteiger partial charge is 0.391 e. The minimum absolute atomic E-state index is 0.0553. The average Bonchev–Trinajstić information content (AvgIpc) is 2.97. The molecular weight excluding hydrogens is 558 g/mol. The molecule has 1 amide bonds. The van der Waals surface area contributed by atoms with Crippen molar-refractivity contribution in [3.63, 3.8) is 0 Å². The Balaban J connectivity index is 1.58. The number of hydrogen-bond acceptors (Lipinski definition) is 8. The van der Waals surface area contributed by atoms with Crippen molar-refractivity contribution in [2.75, 3.05) is 31.2 Å². The minimum Gasteiger partial charge on any atom is -0.488 e. The number of ether oxygens (including phenoxy) is 2. The SMILES string of the molecule is CCOc1ncccc1-c1ccc(OC2CCN(c3ccc(F)cc3C#N)CC2)c(C(=O)NC(CO)CC(F)(F)F)n1. The summed E-state index contributed by atoms with van der Waals surface area (Å²) in [5.41, 5.74) is 1.31. The summed E-state index contributed by atoms with van der Waals surface area (Å²) in [6, 6.07) is 10.9. The molecule has 1 unspecified atom stereocenters. The van der Waals surface area contributed by atoms with E-state index in [2.05, 4.69) is 15.3 Å². The lowest BCUT2D eigenvalue weighted by Crippen LogP contribution is -2.41. The average molecular weight is 588 g/mol. The number of nitrogens with one attached hydrogen (secondary N) is 1. The molecule has 4 rings (SSSR count). The molecule has 1 aliphatic rings. The molecule has 1 aromatic carbocycles.